The van der Waals surface area contributed by atoms with Crippen LogP contribution in [0, 0.1) is 5.82 Å². The van der Waals surface area contributed by atoms with Crippen LogP contribution in [0.5, 0.6) is 0 Å². The van der Waals surface area contributed by atoms with Gasteiger partial charge in [0, 0.05) is 24.4 Å². The predicted molar refractivity (Wildman–Crippen MR) is 110 cm³/mol. The van der Waals surface area contributed by atoms with Gasteiger partial charge in [0.25, 0.3) is 0 Å². The molecule has 2 unspecified atom stereocenters. The monoisotopic (exact) mass is 399 g/mol. The number of hydrogen-bond acceptors (Lipinski definition) is 3. The van der Waals surface area contributed by atoms with Crippen molar-refractivity contribution in [3.05, 3.63) is 30.1 Å². The Morgan fingerprint density at radius 2 is 2.08 bits per heavy atom. The number of benzene rings is 1. The molecule has 3 rings (SSSR count). The van der Waals surface area contributed by atoms with Crippen molar-refractivity contribution in [3.8, 4) is 0 Å². The summed E-state index contributed by atoms with van der Waals surface area (Å²) in [6.45, 7) is 2.14. The van der Waals surface area contributed by atoms with Gasteiger partial charge in [0.1, 0.15) is 5.82 Å². The summed E-state index contributed by atoms with van der Waals surface area (Å²) in [4.78, 5) is 19.4. The lowest BCUT2D eigenvalue weighted by Gasteiger charge is -2.24. The molecule has 2 fully saturated rings. The van der Waals surface area contributed by atoms with Crippen LogP contribution < -0.4 is 5.32 Å². The summed E-state index contributed by atoms with van der Waals surface area (Å²) < 4.78 is 13.2. The number of carbonyl (C=O) groups is 1. The van der Waals surface area contributed by atoms with Gasteiger partial charge in [-0.2, -0.15) is 0 Å². The Bertz CT molecular complexity index is 651. The second-order valence-corrected chi connectivity index (χ2v) is 8.31. The Balaban J connectivity index is 0.00000243. The average Bonchev–Trinajstić information content (AvgIpc) is 2.83. The Kier molecular flexibility index (Phi) is 7.77. The van der Waals surface area contributed by atoms with E-state index in [4.69, 9.17) is 4.99 Å². The molecule has 4 nitrogen and oxygen atoms in total. The fraction of sp³-hybridized carbons (Fsp3) is 0.579. The molecule has 0 bridgehead atoms. The van der Waals surface area contributed by atoms with Crippen molar-refractivity contribution < 1.29 is 9.18 Å². The lowest BCUT2D eigenvalue weighted by Crippen LogP contribution is -2.36. The summed E-state index contributed by atoms with van der Waals surface area (Å²) in [5.41, 5.74) is 0.502. The number of nitrogens with one attached hydrogen (secondary N) is 1. The number of halogens is 2. The van der Waals surface area contributed by atoms with Gasteiger partial charge in [-0.05, 0) is 31.0 Å². The van der Waals surface area contributed by atoms with Crippen molar-refractivity contribution in [2.75, 3.05) is 12.4 Å². The van der Waals surface area contributed by atoms with Crippen molar-refractivity contribution in [1.29, 1.82) is 0 Å². The second kappa shape index (κ2) is 9.60. The maximum atomic E-state index is 13.2. The van der Waals surface area contributed by atoms with E-state index < -0.39 is 0 Å². The fourth-order valence-corrected chi connectivity index (χ4v) is 4.82. The molecule has 1 aromatic rings. The number of aliphatic imine (C=N–C) groups is 1. The van der Waals surface area contributed by atoms with Gasteiger partial charge in [-0.3, -0.25) is 9.79 Å². The summed E-state index contributed by atoms with van der Waals surface area (Å²) in [6, 6.07) is 6.55. The topological polar surface area (TPSA) is 44.7 Å². The van der Waals surface area contributed by atoms with E-state index in [1.807, 2.05) is 7.05 Å². The smallest absolute Gasteiger partial charge is 0.226 e. The number of anilines is 1. The normalized spacial score (nSPS) is 25.2. The number of rotatable bonds is 4. The fourth-order valence-electron chi connectivity index (χ4n) is 3.54. The minimum absolute atomic E-state index is 0. The SMILES string of the molecule is CC1SC(=NC2CCCCC2)N(C)C1CC(=O)Nc1cccc(F)c1.Cl. The van der Waals surface area contributed by atoms with Crippen LogP contribution in [0.2, 0.25) is 0 Å². The van der Waals surface area contributed by atoms with Crippen molar-refractivity contribution in [1.82, 2.24) is 4.90 Å². The lowest BCUT2D eigenvalue weighted by molar-refractivity contribution is -0.117. The molecule has 2 atom stereocenters. The molecule has 0 spiro atoms. The first kappa shape index (κ1) is 21.0. The third-order valence-electron chi connectivity index (χ3n) is 5.00. The molecule has 144 valence electrons. The highest BCUT2D eigenvalue weighted by Gasteiger charge is 2.36. The van der Waals surface area contributed by atoms with Gasteiger partial charge in [0.15, 0.2) is 5.17 Å². The molecule has 1 saturated heterocycles. The zero-order valence-corrected chi connectivity index (χ0v) is 16.9. The molecular weight excluding hydrogens is 373 g/mol. The molecule has 1 amide bonds. The van der Waals surface area contributed by atoms with Crippen LogP contribution in [0.15, 0.2) is 29.3 Å². The molecular formula is C19H27ClFN3OS. The van der Waals surface area contributed by atoms with Crippen LogP contribution in [0.3, 0.4) is 0 Å². The molecule has 2 aliphatic rings. The summed E-state index contributed by atoms with van der Waals surface area (Å²) in [7, 11) is 2.03. The number of hydrogen-bond donors (Lipinski definition) is 1. The molecule has 0 aromatic heterocycles. The predicted octanol–water partition coefficient (Wildman–Crippen LogP) is 4.70. The highest BCUT2D eigenvalue weighted by molar-refractivity contribution is 8.14. The Morgan fingerprint density at radius 3 is 2.77 bits per heavy atom. The van der Waals surface area contributed by atoms with E-state index in [0.717, 1.165) is 5.17 Å². The van der Waals surface area contributed by atoms with Gasteiger partial charge in [-0.15, -0.1) is 12.4 Å². The van der Waals surface area contributed by atoms with Gasteiger partial charge in [-0.1, -0.05) is 44.0 Å². The first-order valence-corrected chi connectivity index (χ1v) is 9.93. The zero-order valence-electron chi connectivity index (χ0n) is 15.3. The van der Waals surface area contributed by atoms with E-state index in [2.05, 4.69) is 17.1 Å². The van der Waals surface area contributed by atoms with Crippen molar-refractivity contribution >= 4 is 40.9 Å². The first-order valence-electron chi connectivity index (χ1n) is 9.05. The molecule has 1 N–H and O–H groups in total. The van der Waals surface area contributed by atoms with Gasteiger partial charge >= 0.3 is 0 Å². The summed E-state index contributed by atoms with van der Waals surface area (Å²) in [5.74, 6) is -0.435. The van der Waals surface area contributed by atoms with E-state index in [1.54, 1.807) is 23.9 Å². The minimum Gasteiger partial charge on any atom is -0.350 e. The van der Waals surface area contributed by atoms with Crippen molar-refractivity contribution in [3.63, 3.8) is 0 Å². The zero-order chi connectivity index (χ0) is 17.8. The first-order chi connectivity index (χ1) is 12.0. The molecule has 1 aromatic carbocycles. The maximum Gasteiger partial charge on any atom is 0.226 e. The maximum absolute atomic E-state index is 13.2. The lowest BCUT2D eigenvalue weighted by atomic mass is 9.96. The van der Waals surface area contributed by atoms with Gasteiger partial charge in [0.05, 0.1) is 12.1 Å². The van der Waals surface area contributed by atoms with Gasteiger partial charge in [-0.25, -0.2) is 4.39 Å². The van der Waals surface area contributed by atoms with Crippen LogP contribution in [-0.4, -0.2) is 40.4 Å². The van der Waals surface area contributed by atoms with Crippen molar-refractivity contribution in [2.45, 2.75) is 62.8 Å². The van der Waals surface area contributed by atoms with E-state index in [1.165, 1.54) is 44.2 Å². The minimum atomic E-state index is -0.346. The summed E-state index contributed by atoms with van der Waals surface area (Å²) in [5, 5.41) is 4.16. The molecule has 26 heavy (non-hydrogen) atoms. The van der Waals surface area contributed by atoms with Crippen LogP contribution in [-0.2, 0) is 4.79 Å². The highest BCUT2D eigenvalue weighted by atomic mass is 35.5. The molecule has 1 aliphatic heterocycles. The van der Waals surface area contributed by atoms with Gasteiger partial charge in [0.2, 0.25) is 5.91 Å². The molecule has 7 heteroatoms. The van der Waals surface area contributed by atoms with Gasteiger partial charge < -0.3 is 10.2 Å². The number of amides is 1. The largest absolute Gasteiger partial charge is 0.350 e. The number of thioether (sulfide) groups is 1. The molecule has 1 aliphatic carbocycles. The van der Waals surface area contributed by atoms with Crippen molar-refractivity contribution in [2.24, 2.45) is 4.99 Å². The Morgan fingerprint density at radius 1 is 1.35 bits per heavy atom. The standard InChI is InChI=1S/C19H26FN3OS.ClH/c1-13-17(12-18(24)21-16-10-6-7-14(20)11-16)23(2)19(25-13)22-15-8-4-3-5-9-15;/h6-7,10-11,13,15,17H,3-5,8-9,12H2,1-2H3,(H,21,24);1H. The van der Waals surface area contributed by atoms with E-state index >= 15 is 0 Å². The molecule has 0 radical (unpaired) electrons. The average molecular weight is 400 g/mol. The van der Waals surface area contributed by atoms with E-state index in [0.29, 0.717) is 23.4 Å². The molecule has 1 heterocycles. The third kappa shape index (κ3) is 5.36. The summed E-state index contributed by atoms with van der Waals surface area (Å²) >= 11 is 1.76. The van der Waals surface area contributed by atoms with Crippen LogP contribution in [0.4, 0.5) is 10.1 Å². The number of amidine groups is 1. The third-order valence-corrected chi connectivity index (χ3v) is 6.29. The summed E-state index contributed by atoms with van der Waals surface area (Å²) in [6.07, 6.45) is 6.60. The Hall–Kier alpha value is -1.27. The Labute approximate surface area is 165 Å². The quantitative estimate of drug-likeness (QED) is 0.798. The van der Waals surface area contributed by atoms with Crippen LogP contribution >= 0.6 is 24.2 Å². The molecule has 1 saturated carbocycles. The number of nitrogens with zero attached hydrogens (tertiary/aromatic N) is 2. The van der Waals surface area contributed by atoms with Crippen LogP contribution in [0.25, 0.3) is 0 Å². The second-order valence-electron chi connectivity index (χ2n) is 6.97. The highest BCUT2D eigenvalue weighted by Crippen LogP contribution is 2.34. The van der Waals surface area contributed by atoms with Crippen LogP contribution in [0.1, 0.15) is 45.4 Å². The van der Waals surface area contributed by atoms with E-state index in [9.17, 15) is 9.18 Å². The van der Waals surface area contributed by atoms with E-state index in [-0.39, 0.29) is 30.2 Å². The number of carbonyl (C=O) groups excluding carboxylic acids is 1.